The number of carbonyl (C=O) groups is 1. The molecule has 0 atom stereocenters. The zero-order chi connectivity index (χ0) is 22.9. The van der Waals surface area contributed by atoms with Gasteiger partial charge in [0, 0.05) is 37.8 Å². The van der Waals surface area contributed by atoms with Crippen LogP contribution in [0.25, 0.3) is 23.0 Å². The summed E-state index contributed by atoms with van der Waals surface area (Å²) in [6.07, 6.45) is 0.942. The molecule has 1 aliphatic heterocycles. The Balaban J connectivity index is 1.40. The molecule has 9 heteroatoms. The topological polar surface area (TPSA) is 86.3 Å². The maximum atomic E-state index is 14.1. The lowest BCUT2D eigenvalue weighted by Gasteiger charge is -2.27. The van der Waals surface area contributed by atoms with Gasteiger partial charge in [-0.15, -0.1) is 0 Å². The average molecular weight is 447 g/mol. The van der Waals surface area contributed by atoms with Gasteiger partial charge in [-0.2, -0.15) is 10.1 Å². The lowest BCUT2D eigenvalue weighted by molar-refractivity contribution is -0.131. The highest BCUT2D eigenvalue weighted by molar-refractivity contribution is 5.79. The number of aryl methyl sites for hydroxylation is 1. The van der Waals surface area contributed by atoms with E-state index >= 15 is 0 Å². The van der Waals surface area contributed by atoms with Gasteiger partial charge >= 0.3 is 0 Å². The van der Waals surface area contributed by atoms with Crippen molar-refractivity contribution in [1.82, 2.24) is 24.8 Å². The molecule has 3 heterocycles. The van der Waals surface area contributed by atoms with Crippen molar-refractivity contribution >= 4 is 5.91 Å². The van der Waals surface area contributed by atoms with E-state index in [2.05, 4.69) is 15.2 Å². The molecule has 8 nitrogen and oxygen atoms in total. The van der Waals surface area contributed by atoms with Crippen molar-refractivity contribution in [2.24, 2.45) is 7.05 Å². The molecule has 1 aliphatic rings. The molecule has 0 saturated carbocycles. The standard InChI is InChI=1S/C24H22FN5O3/c1-29-20-10-11-30(21(31)13-15-6-5-7-16(12-15)32-2)14-18(20)22(27-29)24-26-23(28-33-24)17-8-3-4-9-19(17)25/h3-9,12H,10-11,13-14H2,1-2H3. The number of carbonyl (C=O) groups excluding carboxylic acids is 1. The average Bonchev–Trinajstić information content (AvgIpc) is 3.44. The molecule has 33 heavy (non-hydrogen) atoms. The van der Waals surface area contributed by atoms with E-state index in [0.29, 0.717) is 25.2 Å². The molecule has 4 aromatic rings. The number of benzene rings is 2. The van der Waals surface area contributed by atoms with E-state index in [0.717, 1.165) is 22.6 Å². The van der Waals surface area contributed by atoms with Crippen molar-refractivity contribution in [3.63, 3.8) is 0 Å². The molecule has 0 aliphatic carbocycles. The number of hydrogen-bond acceptors (Lipinski definition) is 6. The van der Waals surface area contributed by atoms with Crippen molar-refractivity contribution in [3.8, 4) is 28.7 Å². The number of amides is 1. The summed E-state index contributed by atoms with van der Waals surface area (Å²) >= 11 is 0. The molecule has 1 amide bonds. The Bertz CT molecular complexity index is 1330. The highest BCUT2D eigenvalue weighted by Crippen LogP contribution is 2.31. The normalized spacial score (nSPS) is 13.1. The van der Waals surface area contributed by atoms with Gasteiger partial charge in [-0.1, -0.05) is 29.4 Å². The summed E-state index contributed by atoms with van der Waals surface area (Å²) in [4.78, 5) is 19.2. The molecule has 0 fully saturated rings. The van der Waals surface area contributed by atoms with E-state index in [4.69, 9.17) is 9.26 Å². The van der Waals surface area contributed by atoms with Gasteiger partial charge in [-0.05, 0) is 29.8 Å². The van der Waals surface area contributed by atoms with Crippen LogP contribution in [-0.4, -0.2) is 44.4 Å². The molecule has 5 rings (SSSR count). The SMILES string of the molecule is COc1cccc(CC(=O)N2CCc3c(c(-c4nc(-c5ccccc5F)no4)nn3C)C2)c1. The number of ether oxygens (including phenoxy) is 1. The first-order valence-corrected chi connectivity index (χ1v) is 10.6. The van der Waals surface area contributed by atoms with Gasteiger partial charge in [0.25, 0.3) is 5.89 Å². The number of hydrogen-bond donors (Lipinski definition) is 0. The smallest absolute Gasteiger partial charge is 0.279 e. The molecule has 2 aromatic heterocycles. The molecule has 2 aromatic carbocycles. The first-order valence-electron chi connectivity index (χ1n) is 10.6. The molecule has 0 saturated heterocycles. The van der Waals surface area contributed by atoms with E-state index in [1.54, 1.807) is 34.9 Å². The van der Waals surface area contributed by atoms with Crippen LogP contribution in [0.5, 0.6) is 5.75 Å². The summed E-state index contributed by atoms with van der Waals surface area (Å²) in [5, 5.41) is 8.50. The first kappa shape index (κ1) is 20.9. The van der Waals surface area contributed by atoms with E-state index in [9.17, 15) is 9.18 Å². The van der Waals surface area contributed by atoms with Crippen LogP contribution in [0.4, 0.5) is 4.39 Å². The maximum Gasteiger partial charge on any atom is 0.279 e. The van der Waals surface area contributed by atoms with Gasteiger partial charge in [0.2, 0.25) is 11.7 Å². The van der Waals surface area contributed by atoms with Crippen LogP contribution >= 0.6 is 0 Å². The summed E-state index contributed by atoms with van der Waals surface area (Å²) in [5.74, 6) is 0.665. The van der Waals surface area contributed by atoms with Crippen LogP contribution in [0.1, 0.15) is 16.8 Å². The summed E-state index contributed by atoms with van der Waals surface area (Å²) in [6, 6.07) is 13.8. The molecule has 0 bridgehead atoms. The van der Waals surface area contributed by atoms with Gasteiger partial charge in [-0.3, -0.25) is 9.48 Å². The van der Waals surface area contributed by atoms with Gasteiger partial charge in [-0.25, -0.2) is 4.39 Å². The lowest BCUT2D eigenvalue weighted by atomic mass is 10.0. The molecular formula is C24H22FN5O3. The van der Waals surface area contributed by atoms with Crippen LogP contribution in [-0.2, 0) is 31.2 Å². The second-order valence-electron chi connectivity index (χ2n) is 7.89. The lowest BCUT2D eigenvalue weighted by Crippen LogP contribution is -2.37. The number of nitrogens with zero attached hydrogens (tertiary/aromatic N) is 5. The third-order valence-corrected chi connectivity index (χ3v) is 5.83. The van der Waals surface area contributed by atoms with Crippen molar-refractivity contribution in [2.75, 3.05) is 13.7 Å². The Morgan fingerprint density at radius 2 is 2.06 bits per heavy atom. The number of fused-ring (bicyclic) bond motifs is 1. The monoisotopic (exact) mass is 447 g/mol. The maximum absolute atomic E-state index is 14.1. The van der Waals surface area contributed by atoms with Gasteiger partial charge in [0.15, 0.2) is 5.69 Å². The zero-order valence-electron chi connectivity index (χ0n) is 18.3. The van der Waals surface area contributed by atoms with Gasteiger partial charge in [0.1, 0.15) is 11.6 Å². The predicted molar refractivity (Wildman–Crippen MR) is 118 cm³/mol. The fourth-order valence-electron chi connectivity index (χ4n) is 4.12. The number of methoxy groups -OCH3 is 1. The van der Waals surface area contributed by atoms with Crippen LogP contribution in [0, 0.1) is 5.82 Å². The van der Waals surface area contributed by atoms with E-state index in [1.807, 2.05) is 31.3 Å². The van der Waals surface area contributed by atoms with Crippen molar-refractivity contribution in [2.45, 2.75) is 19.4 Å². The summed E-state index contributed by atoms with van der Waals surface area (Å²) in [5.41, 5.74) is 3.55. The van der Waals surface area contributed by atoms with Crippen LogP contribution < -0.4 is 4.74 Å². The second-order valence-corrected chi connectivity index (χ2v) is 7.89. The minimum Gasteiger partial charge on any atom is -0.497 e. The second kappa shape index (κ2) is 8.50. The number of halogens is 1. The Morgan fingerprint density at radius 3 is 2.88 bits per heavy atom. The molecule has 0 spiro atoms. The third-order valence-electron chi connectivity index (χ3n) is 5.83. The molecule has 168 valence electrons. The largest absolute Gasteiger partial charge is 0.497 e. The minimum absolute atomic E-state index is 0.0151. The minimum atomic E-state index is -0.429. The highest BCUT2D eigenvalue weighted by atomic mass is 19.1. The third kappa shape index (κ3) is 3.97. The van der Waals surface area contributed by atoms with Crippen LogP contribution in [0.2, 0.25) is 0 Å². The molecule has 0 N–H and O–H groups in total. The Morgan fingerprint density at radius 1 is 1.21 bits per heavy atom. The Hall–Kier alpha value is -4.01. The highest BCUT2D eigenvalue weighted by Gasteiger charge is 2.29. The van der Waals surface area contributed by atoms with E-state index in [1.165, 1.54) is 6.07 Å². The zero-order valence-corrected chi connectivity index (χ0v) is 18.3. The van der Waals surface area contributed by atoms with E-state index < -0.39 is 5.82 Å². The van der Waals surface area contributed by atoms with Crippen molar-refractivity contribution in [1.29, 1.82) is 0 Å². The summed E-state index contributed by atoms with van der Waals surface area (Å²) in [7, 11) is 3.45. The van der Waals surface area contributed by atoms with Crippen molar-refractivity contribution < 1.29 is 18.4 Å². The van der Waals surface area contributed by atoms with E-state index in [-0.39, 0.29) is 29.6 Å². The van der Waals surface area contributed by atoms with Crippen molar-refractivity contribution in [3.05, 3.63) is 71.2 Å². The molecule has 0 unspecified atom stereocenters. The van der Waals surface area contributed by atoms with Crippen LogP contribution in [0.3, 0.4) is 0 Å². The van der Waals surface area contributed by atoms with Gasteiger partial charge < -0.3 is 14.2 Å². The number of rotatable bonds is 5. The molecular weight excluding hydrogens is 425 g/mol. The summed E-state index contributed by atoms with van der Waals surface area (Å²) < 4.78 is 26.6. The fourth-order valence-corrected chi connectivity index (χ4v) is 4.12. The predicted octanol–water partition coefficient (Wildman–Crippen LogP) is 3.41. The Kier molecular flexibility index (Phi) is 5.37. The first-order chi connectivity index (χ1) is 16.0. The molecule has 0 radical (unpaired) electrons. The Labute approximate surface area is 189 Å². The van der Waals surface area contributed by atoms with Gasteiger partial charge in [0.05, 0.1) is 19.1 Å². The fraction of sp³-hybridized carbons (Fsp3) is 0.250. The van der Waals surface area contributed by atoms with Crippen LogP contribution in [0.15, 0.2) is 53.1 Å². The summed E-state index contributed by atoms with van der Waals surface area (Å²) in [6.45, 7) is 0.984. The quantitative estimate of drug-likeness (QED) is 0.466. The number of aromatic nitrogens is 4.